The zero-order chi connectivity index (χ0) is 36.8. The van der Waals surface area contributed by atoms with Gasteiger partial charge in [0, 0.05) is 64.7 Å². The number of pyridine rings is 1. The lowest BCUT2D eigenvalue weighted by atomic mass is 9.58. The van der Waals surface area contributed by atoms with Crippen molar-refractivity contribution >= 4 is 40.0 Å². The Hall–Kier alpha value is -3.32. The maximum absolute atomic E-state index is 13.9. The third-order valence-corrected chi connectivity index (χ3v) is 11.5. The van der Waals surface area contributed by atoms with Gasteiger partial charge in [-0.3, -0.25) is 14.6 Å². The van der Waals surface area contributed by atoms with E-state index in [0.29, 0.717) is 42.1 Å². The van der Waals surface area contributed by atoms with Crippen LogP contribution in [0.3, 0.4) is 0 Å². The molecular weight excluding hydrogens is 684 g/mol. The molecule has 1 saturated carbocycles. The number of amides is 2. The van der Waals surface area contributed by atoms with Crippen molar-refractivity contribution in [1.82, 2.24) is 15.2 Å². The monoisotopic (exact) mass is 734 g/mol. The molecule has 2 aromatic carbocycles. The molecule has 8 rings (SSSR count). The first-order valence-electron chi connectivity index (χ1n) is 18.5. The summed E-state index contributed by atoms with van der Waals surface area (Å²) in [4.78, 5) is 45.1. The van der Waals surface area contributed by atoms with Crippen molar-refractivity contribution < 1.29 is 33.6 Å². The van der Waals surface area contributed by atoms with Crippen LogP contribution in [0.4, 0.5) is 5.69 Å². The van der Waals surface area contributed by atoms with Gasteiger partial charge in [0.05, 0.1) is 18.7 Å². The molecule has 4 saturated heterocycles. The Kier molecular flexibility index (Phi) is 10.3. The Morgan fingerprint density at radius 1 is 1.04 bits per heavy atom. The van der Waals surface area contributed by atoms with Crippen LogP contribution in [-0.4, -0.2) is 70.8 Å². The van der Waals surface area contributed by atoms with Gasteiger partial charge in [-0.1, -0.05) is 37.6 Å². The number of aromatic nitrogens is 1. The zero-order valence-corrected chi connectivity index (χ0v) is 31.7. The molecule has 11 nitrogen and oxygen atoms in total. The van der Waals surface area contributed by atoms with Crippen LogP contribution in [0.25, 0.3) is 10.9 Å². The number of fused-ring (bicyclic) bond motifs is 3. The maximum Gasteiger partial charge on any atom is 0.254 e. The van der Waals surface area contributed by atoms with Gasteiger partial charge in [-0.2, -0.15) is 0 Å². The fourth-order valence-corrected chi connectivity index (χ4v) is 8.82. The van der Waals surface area contributed by atoms with E-state index in [-0.39, 0.29) is 30.2 Å². The van der Waals surface area contributed by atoms with Crippen molar-refractivity contribution in [3.05, 3.63) is 70.9 Å². The summed E-state index contributed by atoms with van der Waals surface area (Å²) in [5, 5.41) is 7.92. The van der Waals surface area contributed by atoms with Crippen LogP contribution >= 0.6 is 11.6 Å². The molecule has 2 N–H and O–H groups in total. The average molecular weight is 735 g/mol. The molecule has 5 aliphatic rings. The molecule has 0 radical (unpaired) electrons. The molecule has 1 unspecified atom stereocenters. The predicted molar refractivity (Wildman–Crippen MR) is 197 cm³/mol. The summed E-state index contributed by atoms with van der Waals surface area (Å²) in [5.74, 6) is -0.296. The summed E-state index contributed by atoms with van der Waals surface area (Å²) in [7, 11) is 0. The van der Waals surface area contributed by atoms with E-state index < -0.39 is 29.5 Å². The molecule has 1 aromatic heterocycles. The summed E-state index contributed by atoms with van der Waals surface area (Å²) in [6, 6.07) is 14.8. The van der Waals surface area contributed by atoms with Gasteiger partial charge >= 0.3 is 0 Å². The first-order chi connectivity index (χ1) is 24.7. The molecule has 3 aromatic rings. The highest BCUT2D eigenvalue weighted by Crippen LogP contribution is 2.60. The van der Waals surface area contributed by atoms with Crippen molar-refractivity contribution in [2.45, 2.75) is 103 Å². The number of hydrogen-bond acceptors (Lipinski definition) is 9. The van der Waals surface area contributed by atoms with Gasteiger partial charge in [0.25, 0.3) is 5.91 Å². The Morgan fingerprint density at radius 3 is 2.60 bits per heavy atom. The van der Waals surface area contributed by atoms with E-state index in [1.807, 2.05) is 64.1 Å². The van der Waals surface area contributed by atoms with E-state index >= 15 is 0 Å². The molecule has 4 aliphatic heterocycles. The van der Waals surface area contributed by atoms with Gasteiger partial charge < -0.3 is 29.7 Å². The molecule has 5 fully saturated rings. The molecule has 52 heavy (non-hydrogen) atoms. The molecule has 2 bridgehead atoms. The molecule has 280 valence electrons. The molecule has 1 spiro atoms. The van der Waals surface area contributed by atoms with Gasteiger partial charge in [-0.15, -0.1) is 0 Å². The van der Waals surface area contributed by atoms with E-state index in [2.05, 4.69) is 29.5 Å². The number of anilines is 1. The summed E-state index contributed by atoms with van der Waals surface area (Å²) in [5.41, 5.74) is 1.96. The van der Waals surface area contributed by atoms with Crippen LogP contribution < -0.4 is 10.6 Å². The molecule has 1 aliphatic carbocycles. The first kappa shape index (κ1) is 37.0. The van der Waals surface area contributed by atoms with E-state index in [1.54, 1.807) is 23.2 Å². The lowest BCUT2D eigenvalue weighted by molar-refractivity contribution is -0.577. The van der Waals surface area contributed by atoms with E-state index in [0.717, 1.165) is 47.8 Å². The normalized spacial score (nSPS) is 31.1. The standard InChI is InChI=1S/C40H51ClN4O7/c1-24-7-14-31-25(2)36(49-37-40(31)30(24)15-17-39(6,50-37)51-52-40)48-23-26-8-10-27(11-9-26)35(47)45(22-34(46)44-38(3,4)5)20-19-43-32-16-18-42-33-21-28(41)12-13-29(32)33/h8-13,16,18,21,24-25,30-31,36-37H,7,14-15,17,19-20,22-23H2,1-6H3,(H,42,43)(H,44,46)/t24-,25-,30+,31+,36?,37-,39+,40-/m1/s1. The molecular formula is C40H51ClN4O7. The van der Waals surface area contributed by atoms with Gasteiger partial charge in [-0.25, -0.2) is 9.78 Å². The number of benzene rings is 2. The largest absolute Gasteiger partial charge is 0.383 e. The maximum atomic E-state index is 13.9. The van der Waals surface area contributed by atoms with Crippen molar-refractivity contribution in [3.8, 4) is 0 Å². The smallest absolute Gasteiger partial charge is 0.254 e. The second-order valence-corrected chi connectivity index (χ2v) is 16.7. The van der Waals surface area contributed by atoms with Crippen molar-refractivity contribution in [1.29, 1.82) is 0 Å². The third kappa shape index (κ3) is 7.41. The van der Waals surface area contributed by atoms with Crippen LogP contribution in [0.15, 0.2) is 54.7 Å². The van der Waals surface area contributed by atoms with Gasteiger partial charge in [0.1, 0.15) is 0 Å². The number of ether oxygens (including phenoxy) is 3. The number of hydrogen-bond donors (Lipinski definition) is 2. The second kappa shape index (κ2) is 14.5. The van der Waals surface area contributed by atoms with Crippen LogP contribution in [0.1, 0.15) is 83.1 Å². The van der Waals surface area contributed by atoms with E-state index in [1.165, 1.54) is 0 Å². The highest BCUT2D eigenvalue weighted by Gasteiger charge is 2.69. The van der Waals surface area contributed by atoms with Crippen molar-refractivity contribution in [3.63, 3.8) is 0 Å². The van der Waals surface area contributed by atoms with Crippen LogP contribution in [-0.2, 0) is 35.4 Å². The molecule has 8 atom stereocenters. The van der Waals surface area contributed by atoms with E-state index in [9.17, 15) is 9.59 Å². The highest BCUT2D eigenvalue weighted by molar-refractivity contribution is 6.31. The number of rotatable bonds is 10. The van der Waals surface area contributed by atoms with Crippen LogP contribution in [0.5, 0.6) is 0 Å². The summed E-state index contributed by atoms with van der Waals surface area (Å²) >= 11 is 6.17. The summed E-state index contributed by atoms with van der Waals surface area (Å²) < 4.78 is 19.5. The van der Waals surface area contributed by atoms with Crippen molar-refractivity contribution in [2.24, 2.45) is 23.7 Å². The van der Waals surface area contributed by atoms with Gasteiger partial charge in [0.2, 0.25) is 11.7 Å². The fraction of sp³-hybridized carbons (Fsp3) is 0.575. The number of halogens is 1. The van der Waals surface area contributed by atoms with Crippen LogP contribution in [0.2, 0.25) is 5.02 Å². The quantitative estimate of drug-likeness (QED) is 0.211. The Morgan fingerprint density at radius 2 is 1.83 bits per heavy atom. The number of nitrogens with one attached hydrogen (secondary N) is 2. The van der Waals surface area contributed by atoms with Crippen LogP contribution in [0, 0.1) is 23.7 Å². The fourth-order valence-electron chi connectivity index (χ4n) is 8.65. The molecule has 12 heteroatoms. The average Bonchev–Trinajstić information content (AvgIpc) is 3.33. The SMILES string of the molecule is C[C@@H]1CC[C@H]2[C@@H](C)C(OCc3ccc(C(=O)N(CCNc4ccnc5cc(Cl)ccc45)CC(=O)NC(C)(C)C)cc3)O[C@@H]3O[C@]4(C)CC[C@@H]1[C@]32OO4. The topological polar surface area (TPSA) is 120 Å². The Bertz CT molecular complexity index is 1790. The highest BCUT2D eigenvalue weighted by atomic mass is 35.5. The van der Waals surface area contributed by atoms with Gasteiger partial charge in [-0.05, 0) is 101 Å². The predicted octanol–water partition coefficient (Wildman–Crippen LogP) is 7.08. The Labute approximate surface area is 310 Å². The lowest BCUT2D eigenvalue weighted by Gasteiger charge is -2.60. The number of carbonyl (C=O) groups is 2. The minimum absolute atomic E-state index is 0.0612. The zero-order valence-electron chi connectivity index (χ0n) is 30.9. The van der Waals surface area contributed by atoms with Crippen molar-refractivity contribution in [2.75, 3.05) is 25.0 Å². The van der Waals surface area contributed by atoms with Gasteiger partial charge in [0.15, 0.2) is 18.2 Å². The molecule has 5 heterocycles. The third-order valence-electron chi connectivity index (χ3n) is 11.3. The van der Waals surface area contributed by atoms with E-state index in [4.69, 9.17) is 35.6 Å². The number of nitrogens with zero attached hydrogens (tertiary/aromatic N) is 2. The number of carbonyl (C=O) groups excluding carboxylic acids is 2. The second-order valence-electron chi connectivity index (χ2n) is 16.3. The minimum atomic E-state index is -0.843. The summed E-state index contributed by atoms with van der Waals surface area (Å²) in [6.07, 6.45) is 4.51. The molecule has 2 amide bonds. The lowest BCUT2D eigenvalue weighted by Crippen LogP contribution is -2.70. The Balaban J connectivity index is 1.01. The summed E-state index contributed by atoms with van der Waals surface area (Å²) in [6.45, 7) is 13.1. The minimum Gasteiger partial charge on any atom is -0.383 e. The first-order valence-corrected chi connectivity index (χ1v) is 18.9.